The maximum Gasteiger partial charge on any atom is 0.236 e. The van der Waals surface area contributed by atoms with Gasteiger partial charge in [-0.25, -0.2) is 4.99 Å². The van der Waals surface area contributed by atoms with Gasteiger partial charge in [0, 0.05) is 19.3 Å². The Morgan fingerprint density at radius 2 is 2.04 bits per heavy atom. The summed E-state index contributed by atoms with van der Waals surface area (Å²) in [6.07, 6.45) is 13.1. The number of ether oxygens (including phenoxy) is 1. The molecule has 1 atom stereocenters. The molecule has 1 amide bonds. The molecule has 0 aliphatic rings. The van der Waals surface area contributed by atoms with Crippen LogP contribution in [0.2, 0.25) is 0 Å². The minimum Gasteiger partial charge on any atom is -0.493 e. The number of hydrogen-bond acceptors (Lipinski definition) is 5. The number of likely N-dealkylation sites (N-methyl/N-ethyl adjacent to an activating group) is 1. The van der Waals surface area contributed by atoms with Gasteiger partial charge in [0.15, 0.2) is 5.76 Å². The van der Waals surface area contributed by atoms with Crippen molar-refractivity contribution in [1.29, 1.82) is 0 Å². The number of aliphatic imine (C=N–C) groups is 1. The van der Waals surface area contributed by atoms with Crippen molar-refractivity contribution in [2.24, 2.45) is 21.8 Å². The summed E-state index contributed by atoms with van der Waals surface area (Å²) in [5.41, 5.74) is 5.39. The topological polar surface area (TPSA) is 101 Å². The molecule has 0 saturated carbocycles. The van der Waals surface area contributed by atoms with E-state index in [9.17, 15) is 4.79 Å². The summed E-state index contributed by atoms with van der Waals surface area (Å²) in [7, 11) is 1.49. The van der Waals surface area contributed by atoms with Crippen molar-refractivity contribution in [3.05, 3.63) is 11.8 Å². The fraction of sp³-hybridized carbons (Fsp3) is 0.588. The van der Waals surface area contributed by atoms with Gasteiger partial charge in [0.25, 0.3) is 0 Å². The Balaban J connectivity index is 0. The zero-order valence-corrected chi connectivity index (χ0v) is 15.1. The summed E-state index contributed by atoms with van der Waals surface area (Å²) in [5, 5.41) is 12.1. The van der Waals surface area contributed by atoms with E-state index in [0.29, 0.717) is 18.8 Å². The largest absolute Gasteiger partial charge is 0.493 e. The van der Waals surface area contributed by atoms with Gasteiger partial charge >= 0.3 is 0 Å². The fourth-order valence-electron chi connectivity index (χ4n) is 1.95. The molecule has 0 rings (SSSR count). The molecule has 24 heavy (non-hydrogen) atoms. The van der Waals surface area contributed by atoms with Crippen LogP contribution >= 0.6 is 0 Å². The normalized spacial score (nSPS) is 13.1. The van der Waals surface area contributed by atoms with Gasteiger partial charge in [-0.1, -0.05) is 12.1 Å². The zero-order valence-electron chi connectivity index (χ0n) is 15.1. The number of amidine groups is 1. The molecular weight excluding hydrogens is 308 g/mol. The molecule has 7 nitrogen and oxygen atoms in total. The second-order valence-electron chi connectivity index (χ2n) is 4.69. The second-order valence-corrected chi connectivity index (χ2v) is 4.69. The molecule has 0 aromatic rings. The van der Waals surface area contributed by atoms with Crippen LogP contribution in [-0.2, 0) is 9.53 Å². The van der Waals surface area contributed by atoms with E-state index < -0.39 is 0 Å². The molecule has 0 aliphatic heterocycles. The quantitative estimate of drug-likeness (QED) is 0.167. The van der Waals surface area contributed by atoms with Crippen LogP contribution in [0.5, 0.6) is 0 Å². The van der Waals surface area contributed by atoms with E-state index in [2.05, 4.69) is 23.0 Å². The van der Waals surface area contributed by atoms with Gasteiger partial charge in [-0.2, -0.15) is 0 Å². The molecular formula is C17H30N4O3. The van der Waals surface area contributed by atoms with Crippen LogP contribution in [0.15, 0.2) is 22.0 Å². The van der Waals surface area contributed by atoms with Crippen molar-refractivity contribution in [1.82, 2.24) is 4.90 Å². The van der Waals surface area contributed by atoms with Gasteiger partial charge in [0.1, 0.15) is 0 Å². The van der Waals surface area contributed by atoms with Crippen LogP contribution < -0.4 is 5.73 Å². The number of nitrogens with zero attached hydrogens (tertiary/aromatic N) is 3. The standard InChI is InChI=1S/C15H28N4O3.C2H2/c1-5-12(8-9-19(7-3)14(20)10-16)11-17-15(18-21)13(6-2)22-4;1-2/h6,11-12,21H,5,7-10,16H2,1-4H3;1-2H/b13-6-,17-11?,18-15-;. The van der Waals surface area contributed by atoms with Gasteiger partial charge < -0.3 is 20.6 Å². The Labute approximate surface area is 145 Å². The fourth-order valence-corrected chi connectivity index (χ4v) is 1.95. The summed E-state index contributed by atoms with van der Waals surface area (Å²) >= 11 is 0. The van der Waals surface area contributed by atoms with E-state index in [-0.39, 0.29) is 24.2 Å². The van der Waals surface area contributed by atoms with E-state index in [1.54, 1.807) is 24.1 Å². The molecule has 7 heteroatoms. The lowest BCUT2D eigenvalue weighted by Crippen LogP contribution is -2.37. The van der Waals surface area contributed by atoms with E-state index >= 15 is 0 Å². The smallest absolute Gasteiger partial charge is 0.236 e. The van der Waals surface area contributed by atoms with E-state index in [1.165, 1.54) is 7.11 Å². The molecule has 136 valence electrons. The molecule has 1 unspecified atom stereocenters. The third kappa shape index (κ3) is 8.96. The molecule has 0 bridgehead atoms. The minimum atomic E-state index is -0.0533. The molecule has 0 fully saturated rings. The zero-order chi connectivity index (χ0) is 19.0. The van der Waals surface area contributed by atoms with Crippen LogP contribution in [0.3, 0.4) is 0 Å². The number of oxime groups is 1. The van der Waals surface area contributed by atoms with Crippen LogP contribution in [0.1, 0.15) is 33.6 Å². The van der Waals surface area contributed by atoms with Gasteiger partial charge in [-0.05, 0) is 38.7 Å². The maximum atomic E-state index is 11.6. The third-order valence-corrected chi connectivity index (χ3v) is 3.41. The predicted octanol–water partition coefficient (Wildman–Crippen LogP) is 1.87. The average molecular weight is 338 g/mol. The maximum absolute atomic E-state index is 11.6. The van der Waals surface area contributed by atoms with Gasteiger partial charge in [-0.3, -0.25) is 4.79 Å². The highest BCUT2D eigenvalue weighted by Gasteiger charge is 2.12. The monoisotopic (exact) mass is 338 g/mol. The summed E-state index contributed by atoms with van der Waals surface area (Å²) in [5.74, 6) is 0.657. The number of methoxy groups -OCH3 is 1. The SMILES string of the molecule is C#C.C/C=C(OC)/C(N=CC(CC)CCN(CC)C(=O)CN)=N/O. The molecule has 0 saturated heterocycles. The number of amides is 1. The number of nitrogens with two attached hydrogens (primary N) is 1. The van der Waals surface area contributed by atoms with E-state index in [1.807, 2.05) is 13.8 Å². The number of carbonyl (C=O) groups excluding carboxylic acids is 1. The molecule has 0 radical (unpaired) electrons. The third-order valence-electron chi connectivity index (χ3n) is 3.41. The summed E-state index contributed by atoms with van der Waals surface area (Å²) in [6.45, 7) is 7.03. The van der Waals surface area contributed by atoms with E-state index in [4.69, 9.17) is 15.7 Å². The minimum absolute atomic E-state index is 0.0263. The van der Waals surface area contributed by atoms with Crippen molar-refractivity contribution < 1.29 is 14.7 Å². The Morgan fingerprint density at radius 3 is 2.42 bits per heavy atom. The summed E-state index contributed by atoms with van der Waals surface area (Å²) < 4.78 is 5.07. The number of hydrogen-bond donors (Lipinski definition) is 2. The number of rotatable bonds is 9. The van der Waals surface area contributed by atoms with Crippen molar-refractivity contribution in [2.75, 3.05) is 26.7 Å². The lowest BCUT2D eigenvalue weighted by Gasteiger charge is -2.21. The Hall–Kier alpha value is -2.33. The van der Waals surface area contributed by atoms with Gasteiger partial charge in [-0.15, -0.1) is 12.8 Å². The Bertz CT molecular complexity index is 456. The van der Waals surface area contributed by atoms with Crippen molar-refractivity contribution in [2.45, 2.75) is 33.6 Å². The van der Waals surface area contributed by atoms with Crippen molar-refractivity contribution in [3.63, 3.8) is 0 Å². The highest BCUT2D eigenvalue weighted by molar-refractivity contribution is 6.00. The van der Waals surface area contributed by atoms with Crippen LogP contribution in [0, 0.1) is 18.8 Å². The molecule has 0 spiro atoms. The predicted molar refractivity (Wildman–Crippen MR) is 98.1 cm³/mol. The first-order valence-corrected chi connectivity index (χ1v) is 7.85. The summed E-state index contributed by atoms with van der Waals surface area (Å²) in [4.78, 5) is 17.5. The first kappa shape index (κ1) is 23.9. The lowest BCUT2D eigenvalue weighted by molar-refractivity contribution is -0.129. The number of allylic oxidation sites excluding steroid dienone is 1. The highest BCUT2D eigenvalue weighted by Crippen LogP contribution is 2.09. The van der Waals surface area contributed by atoms with Gasteiger partial charge in [0.05, 0.1) is 13.7 Å². The molecule has 0 aliphatic carbocycles. The molecule has 0 aromatic heterocycles. The van der Waals surface area contributed by atoms with Crippen LogP contribution in [-0.4, -0.2) is 54.8 Å². The Morgan fingerprint density at radius 1 is 1.42 bits per heavy atom. The Kier molecular flexibility index (Phi) is 15.5. The second kappa shape index (κ2) is 15.6. The average Bonchev–Trinajstić information content (AvgIpc) is 2.64. The number of terminal acetylenes is 1. The lowest BCUT2D eigenvalue weighted by atomic mass is 10.0. The molecule has 0 aromatic carbocycles. The first-order valence-electron chi connectivity index (χ1n) is 7.85. The van der Waals surface area contributed by atoms with E-state index in [0.717, 1.165) is 12.8 Å². The molecule has 3 N–H and O–H groups in total. The van der Waals surface area contributed by atoms with Gasteiger partial charge in [0.2, 0.25) is 11.7 Å². The van der Waals surface area contributed by atoms with Crippen LogP contribution in [0.4, 0.5) is 0 Å². The van der Waals surface area contributed by atoms with Crippen molar-refractivity contribution >= 4 is 18.0 Å². The van der Waals surface area contributed by atoms with Crippen LogP contribution in [0.25, 0.3) is 0 Å². The first-order chi connectivity index (χ1) is 11.6. The summed E-state index contributed by atoms with van der Waals surface area (Å²) in [6, 6.07) is 0. The highest BCUT2D eigenvalue weighted by atomic mass is 16.5. The number of carbonyl (C=O) groups is 1. The van der Waals surface area contributed by atoms with Crippen molar-refractivity contribution in [3.8, 4) is 12.8 Å². The molecule has 0 heterocycles.